The predicted molar refractivity (Wildman–Crippen MR) is 90.8 cm³/mol. The number of anilines is 1. The third-order valence-corrected chi connectivity index (χ3v) is 3.67. The van der Waals surface area contributed by atoms with Crippen molar-refractivity contribution in [2.45, 2.75) is 19.8 Å². The molecule has 0 aromatic heterocycles. The SMILES string of the molecule is CC(C)c1ccc(NC(=O)C=Cc2ccc3c(c2)OCO3)cc1. The number of rotatable bonds is 4. The zero-order valence-corrected chi connectivity index (χ0v) is 13.2. The van der Waals surface area contributed by atoms with Crippen LogP contribution in [0.25, 0.3) is 6.08 Å². The number of benzene rings is 2. The van der Waals surface area contributed by atoms with Crippen molar-refractivity contribution >= 4 is 17.7 Å². The van der Waals surface area contributed by atoms with Gasteiger partial charge in [0.2, 0.25) is 12.7 Å². The number of nitrogens with one attached hydrogen (secondary N) is 1. The maximum absolute atomic E-state index is 12.0. The van der Waals surface area contributed by atoms with E-state index in [2.05, 4.69) is 19.2 Å². The molecule has 0 unspecified atom stereocenters. The van der Waals surface area contributed by atoms with Gasteiger partial charge in [-0.05, 0) is 47.4 Å². The first-order chi connectivity index (χ1) is 11.1. The molecule has 0 radical (unpaired) electrons. The van der Waals surface area contributed by atoms with Gasteiger partial charge in [-0.1, -0.05) is 32.0 Å². The summed E-state index contributed by atoms with van der Waals surface area (Å²) in [7, 11) is 0. The average Bonchev–Trinajstić information content (AvgIpc) is 3.01. The third-order valence-electron chi connectivity index (χ3n) is 3.67. The van der Waals surface area contributed by atoms with Gasteiger partial charge in [0, 0.05) is 11.8 Å². The fraction of sp³-hybridized carbons (Fsp3) is 0.211. The summed E-state index contributed by atoms with van der Waals surface area (Å²) in [5.74, 6) is 1.75. The fourth-order valence-electron chi connectivity index (χ4n) is 2.32. The summed E-state index contributed by atoms with van der Waals surface area (Å²) in [6, 6.07) is 13.5. The summed E-state index contributed by atoms with van der Waals surface area (Å²) in [5, 5.41) is 2.85. The molecular weight excluding hydrogens is 290 g/mol. The van der Waals surface area contributed by atoms with Crippen LogP contribution in [-0.4, -0.2) is 12.7 Å². The molecule has 1 aliphatic heterocycles. The molecule has 3 rings (SSSR count). The minimum absolute atomic E-state index is 0.167. The zero-order chi connectivity index (χ0) is 16.2. The Balaban J connectivity index is 1.62. The van der Waals surface area contributed by atoms with Crippen molar-refractivity contribution in [2.24, 2.45) is 0 Å². The molecule has 0 aliphatic carbocycles. The zero-order valence-electron chi connectivity index (χ0n) is 13.2. The Hall–Kier alpha value is -2.75. The maximum atomic E-state index is 12.0. The van der Waals surface area contributed by atoms with Gasteiger partial charge in [0.15, 0.2) is 11.5 Å². The van der Waals surface area contributed by atoms with Crippen molar-refractivity contribution in [1.82, 2.24) is 0 Å². The molecule has 0 fully saturated rings. The number of hydrogen-bond acceptors (Lipinski definition) is 3. The molecule has 0 atom stereocenters. The fourth-order valence-corrected chi connectivity index (χ4v) is 2.32. The molecule has 0 saturated heterocycles. The summed E-state index contributed by atoms with van der Waals surface area (Å²) in [6.45, 7) is 4.53. The van der Waals surface area contributed by atoms with Crippen LogP contribution in [-0.2, 0) is 4.79 Å². The molecule has 0 saturated carbocycles. The molecule has 0 spiro atoms. The van der Waals surface area contributed by atoms with Crippen LogP contribution in [0.2, 0.25) is 0 Å². The molecule has 118 valence electrons. The lowest BCUT2D eigenvalue weighted by atomic mass is 10.0. The Morgan fingerprint density at radius 3 is 2.57 bits per heavy atom. The molecule has 4 heteroatoms. The standard InChI is InChI=1S/C19H19NO3/c1-13(2)15-5-7-16(8-6-15)20-19(21)10-4-14-3-9-17-18(11-14)23-12-22-17/h3-11,13H,12H2,1-2H3,(H,20,21). The number of fused-ring (bicyclic) bond motifs is 1. The summed E-state index contributed by atoms with van der Waals surface area (Å²) in [4.78, 5) is 12.0. The van der Waals surface area contributed by atoms with Gasteiger partial charge in [0.25, 0.3) is 0 Å². The number of hydrogen-bond donors (Lipinski definition) is 1. The van der Waals surface area contributed by atoms with Crippen LogP contribution in [0.1, 0.15) is 30.9 Å². The topological polar surface area (TPSA) is 47.6 Å². The van der Waals surface area contributed by atoms with Crippen LogP contribution in [0.15, 0.2) is 48.5 Å². The van der Waals surface area contributed by atoms with E-state index < -0.39 is 0 Å². The van der Waals surface area contributed by atoms with Gasteiger partial charge in [-0.15, -0.1) is 0 Å². The summed E-state index contributed by atoms with van der Waals surface area (Å²) >= 11 is 0. The number of carbonyl (C=O) groups excluding carboxylic acids is 1. The van der Waals surface area contributed by atoms with Crippen molar-refractivity contribution in [3.63, 3.8) is 0 Å². The van der Waals surface area contributed by atoms with Gasteiger partial charge < -0.3 is 14.8 Å². The number of ether oxygens (including phenoxy) is 2. The largest absolute Gasteiger partial charge is 0.454 e. The van der Waals surface area contributed by atoms with Crippen LogP contribution < -0.4 is 14.8 Å². The smallest absolute Gasteiger partial charge is 0.248 e. The lowest BCUT2D eigenvalue weighted by Crippen LogP contribution is -2.07. The highest BCUT2D eigenvalue weighted by molar-refractivity contribution is 6.01. The number of amides is 1. The summed E-state index contributed by atoms with van der Waals surface area (Å²) in [6.07, 6.45) is 3.26. The molecule has 23 heavy (non-hydrogen) atoms. The van der Waals surface area contributed by atoms with E-state index >= 15 is 0 Å². The normalized spacial score (nSPS) is 12.8. The van der Waals surface area contributed by atoms with E-state index in [-0.39, 0.29) is 12.7 Å². The Kier molecular flexibility index (Phi) is 4.33. The molecule has 4 nitrogen and oxygen atoms in total. The van der Waals surface area contributed by atoms with Crippen LogP contribution in [0.5, 0.6) is 11.5 Å². The minimum Gasteiger partial charge on any atom is -0.454 e. The monoisotopic (exact) mass is 309 g/mol. The summed E-state index contributed by atoms with van der Waals surface area (Å²) in [5.41, 5.74) is 2.92. The Bertz CT molecular complexity index is 733. The predicted octanol–water partition coefficient (Wildman–Crippen LogP) is 4.19. The highest BCUT2D eigenvalue weighted by Gasteiger charge is 2.12. The van der Waals surface area contributed by atoms with Gasteiger partial charge in [0.1, 0.15) is 0 Å². The minimum atomic E-state index is -0.167. The van der Waals surface area contributed by atoms with E-state index in [9.17, 15) is 4.79 Å². The van der Waals surface area contributed by atoms with E-state index in [1.807, 2.05) is 42.5 Å². The molecule has 1 heterocycles. The van der Waals surface area contributed by atoms with Crippen LogP contribution in [0.3, 0.4) is 0 Å². The molecule has 2 aromatic rings. The molecule has 1 amide bonds. The lowest BCUT2D eigenvalue weighted by Gasteiger charge is -2.07. The Labute approximate surface area is 135 Å². The van der Waals surface area contributed by atoms with Gasteiger partial charge in [-0.25, -0.2) is 0 Å². The van der Waals surface area contributed by atoms with Gasteiger partial charge in [-0.2, -0.15) is 0 Å². The second kappa shape index (κ2) is 6.57. The first-order valence-corrected chi connectivity index (χ1v) is 7.60. The van der Waals surface area contributed by atoms with Crippen LogP contribution >= 0.6 is 0 Å². The molecule has 1 aliphatic rings. The first-order valence-electron chi connectivity index (χ1n) is 7.60. The molecule has 2 aromatic carbocycles. The highest BCUT2D eigenvalue weighted by Crippen LogP contribution is 2.32. The lowest BCUT2D eigenvalue weighted by molar-refractivity contribution is -0.111. The highest BCUT2D eigenvalue weighted by atomic mass is 16.7. The quantitative estimate of drug-likeness (QED) is 0.861. The van der Waals surface area contributed by atoms with E-state index in [1.54, 1.807) is 6.08 Å². The van der Waals surface area contributed by atoms with Crippen molar-refractivity contribution in [3.05, 3.63) is 59.7 Å². The van der Waals surface area contributed by atoms with E-state index in [1.165, 1.54) is 11.6 Å². The Morgan fingerprint density at radius 1 is 1.09 bits per heavy atom. The van der Waals surface area contributed by atoms with Crippen molar-refractivity contribution in [3.8, 4) is 11.5 Å². The van der Waals surface area contributed by atoms with Crippen molar-refractivity contribution < 1.29 is 14.3 Å². The second-order valence-corrected chi connectivity index (χ2v) is 5.71. The van der Waals surface area contributed by atoms with E-state index in [0.717, 1.165) is 17.0 Å². The molecule has 1 N–H and O–H groups in total. The average molecular weight is 309 g/mol. The number of carbonyl (C=O) groups is 1. The second-order valence-electron chi connectivity index (χ2n) is 5.71. The molecule has 0 bridgehead atoms. The van der Waals surface area contributed by atoms with Crippen LogP contribution in [0.4, 0.5) is 5.69 Å². The van der Waals surface area contributed by atoms with Crippen molar-refractivity contribution in [1.29, 1.82) is 0 Å². The van der Waals surface area contributed by atoms with E-state index in [4.69, 9.17) is 9.47 Å². The van der Waals surface area contributed by atoms with E-state index in [0.29, 0.717) is 11.7 Å². The van der Waals surface area contributed by atoms with Crippen molar-refractivity contribution in [2.75, 3.05) is 12.1 Å². The van der Waals surface area contributed by atoms with Gasteiger partial charge in [-0.3, -0.25) is 4.79 Å². The summed E-state index contributed by atoms with van der Waals surface area (Å²) < 4.78 is 10.6. The molecular formula is C19H19NO3. The van der Waals surface area contributed by atoms with Gasteiger partial charge in [0.05, 0.1) is 0 Å². The Morgan fingerprint density at radius 2 is 1.83 bits per heavy atom. The van der Waals surface area contributed by atoms with Crippen LogP contribution in [0, 0.1) is 0 Å². The van der Waals surface area contributed by atoms with Gasteiger partial charge >= 0.3 is 0 Å². The maximum Gasteiger partial charge on any atom is 0.248 e. The third kappa shape index (κ3) is 3.72. The first kappa shape index (κ1) is 15.2.